The maximum atomic E-state index is 13.0. The fourth-order valence-corrected chi connectivity index (χ4v) is 4.82. The van der Waals surface area contributed by atoms with Gasteiger partial charge >= 0.3 is 0 Å². The molecule has 7 nitrogen and oxygen atoms in total. The molecule has 2 aromatic rings. The number of aryl methyl sites for hydroxylation is 2. The zero-order valence-corrected chi connectivity index (χ0v) is 19.9. The first-order valence-electron chi connectivity index (χ1n) is 10.2. The lowest BCUT2D eigenvalue weighted by Crippen LogP contribution is -2.49. The maximum Gasteiger partial charge on any atom is 0.243 e. The molecule has 1 amide bonds. The highest BCUT2D eigenvalue weighted by Crippen LogP contribution is 2.28. The number of nitrogens with zero attached hydrogens (tertiary/aromatic N) is 1. The minimum absolute atomic E-state index is 0.326. The van der Waals surface area contributed by atoms with Gasteiger partial charge in [0.05, 0.1) is 26.2 Å². The lowest BCUT2D eigenvalue weighted by molar-refractivity contribution is -0.122. The number of hydrogen-bond donors (Lipinski definition) is 1. The highest BCUT2D eigenvalue weighted by molar-refractivity contribution is 7.92. The van der Waals surface area contributed by atoms with E-state index in [4.69, 9.17) is 9.47 Å². The third-order valence-electron chi connectivity index (χ3n) is 4.95. The normalized spacial score (nSPS) is 12.2. The van der Waals surface area contributed by atoms with E-state index in [9.17, 15) is 13.2 Å². The van der Waals surface area contributed by atoms with Crippen LogP contribution in [0.1, 0.15) is 30.0 Å². The summed E-state index contributed by atoms with van der Waals surface area (Å²) in [7, 11) is -0.513. The first-order chi connectivity index (χ1) is 14.6. The van der Waals surface area contributed by atoms with Crippen molar-refractivity contribution in [3.8, 4) is 11.5 Å². The van der Waals surface area contributed by atoms with Crippen molar-refractivity contribution < 1.29 is 22.7 Å². The van der Waals surface area contributed by atoms with Crippen molar-refractivity contribution >= 4 is 21.6 Å². The number of amides is 1. The molecule has 0 aliphatic heterocycles. The Bertz CT molecular complexity index is 1000. The van der Waals surface area contributed by atoms with Gasteiger partial charge in [-0.3, -0.25) is 9.10 Å². The van der Waals surface area contributed by atoms with Crippen molar-refractivity contribution in [2.75, 3.05) is 31.3 Å². The number of carbonyl (C=O) groups excluding carboxylic acids is 1. The number of rotatable bonds is 10. The summed E-state index contributed by atoms with van der Waals surface area (Å²) < 4.78 is 37.0. The molecule has 0 aromatic heterocycles. The first kappa shape index (κ1) is 24.5. The van der Waals surface area contributed by atoms with Crippen molar-refractivity contribution in [2.45, 2.75) is 39.7 Å². The van der Waals surface area contributed by atoms with Gasteiger partial charge in [0, 0.05) is 6.54 Å². The van der Waals surface area contributed by atoms with Crippen LogP contribution in [0.5, 0.6) is 11.5 Å². The quantitative estimate of drug-likeness (QED) is 0.603. The molecule has 0 saturated heterocycles. The molecule has 1 atom stereocenters. The number of nitrogens with one attached hydrogen (secondary N) is 1. The average Bonchev–Trinajstić information content (AvgIpc) is 2.69. The van der Waals surface area contributed by atoms with Crippen LogP contribution in [0.25, 0.3) is 0 Å². The minimum atomic E-state index is -3.66. The molecule has 0 aliphatic carbocycles. The number of methoxy groups -OCH3 is 2. The number of sulfonamides is 1. The van der Waals surface area contributed by atoms with Crippen molar-refractivity contribution in [3.05, 3.63) is 53.1 Å². The number of hydrogen-bond acceptors (Lipinski definition) is 5. The van der Waals surface area contributed by atoms with Crippen LogP contribution in [0, 0.1) is 13.8 Å². The summed E-state index contributed by atoms with van der Waals surface area (Å²) in [5, 5.41) is 2.88. The molecular weight excluding hydrogens is 416 g/mol. The third-order valence-corrected chi connectivity index (χ3v) is 6.13. The van der Waals surface area contributed by atoms with Crippen LogP contribution < -0.4 is 19.1 Å². The number of carbonyl (C=O) groups is 1. The molecule has 170 valence electrons. The summed E-state index contributed by atoms with van der Waals surface area (Å²) in [6.45, 7) is 5.98. The van der Waals surface area contributed by atoms with E-state index >= 15 is 0 Å². The number of benzene rings is 2. The van der Waals surface area contributed by atoms with Crippen LogP contribution in [0.3, 0.4) is 0 Å². The van der Waals surface area contributed by atoms with Crippen molar-refractivity contribution in [1.29, 1.82) is 0 Å². The van der Waals surface area contributed by atoms with Gasteiger partial charge in [0.1, 0.15) is 6.04 Å². The fourth-order valence-electron chi connectivity index (χ4n) is 3.62. The molecule has 0 unspecified atom stereocenters. The molecular formula is C23H32N2O5S. The third kappa shape index (κ3) is 6.37. The molecule has 0 fully saturated rings. The van der Waals surface area contributed by atoms with E-state index in [1.807, 2.05) is 38.1 Å². The molecule has 0 heterocycles. The van der Waals surface area contributed by atoms with Gasteiger partial charge in [0.25, 0.3) is 0 Å². The summed E-state index contributed by atoms with van der Waals surface area (Å²) in [4.78, 5) is 13.0. The molecule has 0 bridgehead atoms. The predicted molar refractivity (Wildman–Crippen MR) is 124 cm³/mol. The second-order valence-electron chi connectivity index (χ2n) is 7.56. The molecule has 2 rings (SSSR count). The molecule has 0 spiro atoms. The van der Waals surface area contributed by atoms with E-state index < -0.39 is 16.1 Å². The van der Waals surface area contributed by atoms with Gasteiger partial charge in [-0.1, -0.05) is 19.1 Å². The van der Waals surface area contributed by atoms with Crippen LogP contribution in [0.2, 0.25) is 0 Å². The van der Waals surface area contributed by atoms with Crippen LogP contribution in [-0.2, 0) is 21.2 Å². The summed E-state index contributed by atoms with van der Waals surface area (Å²) in [5.41, 5.74) is 3.35. The van der Waals surface area contributed by atoms with Crippen LogP contribution in [-0.4, -0.2) is 47.4 Å². The lowest BCUT2D eigenvalue weighted by Gasteiger charge is -2.30. The van der Waals surface area contributed by atoms with Crippen LogP contribution >= 0.6 is 0 Å². The van der Waals surface area contributed by atoms with Gasteiger partial charge in [-0.25, -0.2) is 8.42 Å². The van der Waals surface area contributed by atoms with Gasteiger partial charge in [-0.2, -0.15) is 0 Å². The second kappa shape index (κ2) is 10.5. The SMILES string of the molecule is CC[C@@H](C(=O)NCCc1ccc(OC)c(OC)c1)N(c1cc(C)cc(C)c1)S(C)(=O)=O. The van der Waals surface area contributed by atoms with E-state index in [2.05, 4.69) is 5.32 Å². The standard InChI is InChI=1S/C23H32N2O5S/c1-7-20(25(31(6,27)28)19-13-16(2)12-17(3)14-19)23(26)24-11-10-18-8-9-21(29-4)22(15-18)30-5/h8-9,12-15,20H,7,10-11H2,1-6H3,(H,24,26)/t20-/m0/s1. The molecule has 0 radical (unpaired) electrons. The van der Waals surface area contributed by atoms with Crippen LogP contribution in [0.15, 0.2) is 36.4 Å². The highest BCUT2D eigenvalue weighted by Gasteiger charge is 2.31. The van der Waals surface area contributed by atoms with E-state index in [0.717, 1.165) is 22.9 Å². The van der Waals surface area contributed by atoms with Crippen molar-refractivity contribution in [2.24, 2.45) is 0 Å². The molecule has 2 aromatic carbocycles. The van der Waals surface area contributed by atoms with Crippen molar-refractivity contribution in [3.63, 3.8) is 0 Å². The van der Waals surface area contributed by atoms with Crippen LogP contribution in [0.4, 0.5) is 5.69 Å². The molecule has 0 aliphatic rings. The Morgan fingerprint density at radius 3 is 2.16 bits per heavy atom. The van der Waals surface area contributed by atoms with Gasteiger partial charge in [-0.15, -0.1) is 0 Å². The van der Waals surface area contributed by atoms with E-state index in [1.54, 1.807) is 33.3 Å². The molecule has 0 saturated carbocycles. The minimum Gasteiger partial charge on any atom is -0.493 e. The zero-order chi connectivity index (χ0) is 23.2. The Hall–Kier alpha value is -2.74. The summed E-state index contributed by atoms with van der Waals surface area (Å²) in [5.74, 6) is 0.932. The summed E-state index contributed by atoms with van der Waals surface area (Å²) in [6.07, 6.45) is 2.05. The fraction of sp³-hybridized carbons (Fsp3) is 0.435. The topological polar surface area (TPSA) is 84.9 Å². The van der Waals surface area contributed by atoms with Gasteiger partial charge in [-0.05, 0) is 67.6 Å². The van der Waals surface area contributed by atoms with Gasteiger partial charge in [0.2, 0.25) is 15.9 Å². The molecule has 1 N–H and O–H groups in total. The lowest BCUT2D eigenvalue weighted by atomic mass is 10.1. The number of ether oxygens (including phenoxy) is 2. The van der Waals surface area contributed by atoms with E-state index in [0.29, 0.717) is 36.6 Å². The zero-order valence-electron chi connectivity index (χ0n) is 19.1. The second-order valence-corrected chi connectivity index (χ2v) is 9.42. The Labute approximate surface area is 185 Å². The Morgan fingerprint density at radius 2 is 1.65 bits per heavy atom. The largest absolute Gasteiger partial charge is 0.493 e. The first-order valence-corrected chi connectivity index (χ1v) is 12.0. The Kier molecular flexibility index (Phi) is 8.33. The Balaban J connectivity index is 2.17. The van der Waals surface area contributed by atoms with E-state index in [-0.39, 0.29) is 5.91 Å². The average molecular weight is 449 g/mol. The maximum absolute atomic E-state index is 13.0. The van der Waals surface area contributed by atoms with E-state index in [1.165, 1.54) is 4.31 Å². The van der Waals surface area contributed by atoms with Gasteiger partial charge in [0.15, 0.2) is 11.5 Å². The van der Waals surface area contributed by atoms with Gasteiger partial charge < -0.3 is 14.8 Å². The molecule has 31 heavy (non-hydrogen) atoms. The Morgan fingerprint density at radius 1 is 1.03 bits per heavy atom. The summed E-state index contributed by atoms with van der Waals surface area (Å²) in [6, 6.07) is 10.3. The monoisotopic (exact) mass is 448 g/mol. The smallest absolute Gasteiger partial charge is 0.243 e. The van der Waals surface area contributed by atoms with Crippen molar-refractivity contribution in [1.82, 2.24) is 5.32 Å². The number of anilines is 1. The molecule has 8 heteroatoms. The predicted octanol–water partition coefficient (Wildman–Crippen LogP) is 3.22. The summed E-state index contributed by atoms with van der Waals surface area (Å²) >= 11 is 0. The highest BCUT2D eigenvalue weighted by atomic mass is 32.2.